The van der Waals surface area contributed by atoms with Gasteiger partial charge in [-0.05, 0) is 55.8 Å². The Balaban J connectivity index is 2.44. The summed E-state index contributed by atoms with van der Waals surface area (Å²) in [4.78, 5) is 12.1. The zero-order chi connectivity index (χ0) is 19.5. The molecule has 0 spiro atoms. The van der Waals surface area contributed by atoms with E-state index in [2.05, 4.69) is 0 Å². The van der Waals surface area contributed by atoms with Gasteiger partial charge in [-0.3, -0.25) is 4.31 Å². The molecule has 0 saturated heterocycles. The van der Waals surface area contributed by atoms with Crippen molar-refractivity contribution < 1.29 is 22.7 Å². The predicted octanol–water partition coefficient (Wildman–Crippen LogP) is 3.66. The summed E-state index contributed by atoms with van der Waals surface area (Å²) in [6.07, 6.45) is 0. The van der Waals surface area contributed by atoms with Crippen LogP contribution in [0.3, 0.4) is 0 Å². The molecule has 0 amide bonds. The van der Waals surface area contributed by atoms with Crippen molar-refractivity contribution in [3.63, 3.8) is 0 Å². The monoisotopic (exact) mass is 397 g/mol. The van der Waals surface area contributed by atoms with Gasteiger partial charge in [0.15, 0.2) is 0 Å². The summed E-state index contributed by atoms with van der Waals surface area (Å²) in [7, 11) is -0.894. The van der Waals surface area contributed by atoms with Gasteiger partial charge in [0.25, 0.3) is 10.0 Å². The molecule has 0 N–H and O–H groups in total. The molecule has 0 aromatic heterocycles. The lowest BCUT2D eigenvalue weighted by molar-refractivity contribution is 0.0526. The van der Waals surface area contributed by atoms with Gasteiger partial charge in [0.1, 0.15) is 5.75 Å². The molecule has 8 heteroatoms. The van der Waals surface area contributed by atoms with Gasteiger partial charge in [0.05, 0.1) is 34.9 Å². The Labute approximate surface area is 158 Å². The van der Waals surface area contributed by atoms with E-state index in [1.165, 1.54) is 44.5 Å². The van der Waals surface area contributed by atoms with Crippen molar-refractivity contribution in [2.45, 2.75) is 18.7 Å². The second-order valence-electron chi connectivity index (χ2n) is 5.49. The number of carbonyl (C=O) groups excluding carboxylic acids is 1. The van der Waals surface area contributed by atoms with Crippen molar-refractivity contribution in [3.05, 3.63) is 52.5 Å². The fraction of sp³-hybridized carbons (Fsp3) is 0.278. The second-order valence-corrected chi connectivity index (χ2v) is 7.87. The van der Waals surface area contributed by atoms with Crippen LogP contribution in [0.15, 0.2) is 41.3 Å². The molecule has 0 aliphatic heterocycles. The Morgan fingerprint density at radius 1 is 1.19 bits per heavy atom. The number of methoxy groups -OCH3 is 1. The minimum atomic E-state index is -3.82. The third-order valence-corrected chi connectivity index (χ3v) is 5.94. The fourth-order valence-corrected chi connectivity index (χ4v) is 3.85. The number of halogens is 1. The molecule has 0 bridgehead atoms. The zero-order valence-electron chi connectivity index (χ0n) is 14.9. The maximum absolute atomic E-state index is 12.9. The molecule has 0 saturated carbocycles. The molecule has 0 unspecified atom stereocenters. The summed E-state index contributed by atoms with van der Waals surface area (Å²) in [6.45, 7) is 3.63. The molecule has 140 valence electrons. The number of aryl methyl sites for hydroxylation is 1. The minimum absolute atomic E-state index is 0.110. The standard InChI is InChI=1S/C18H20ClNO5S/c1-5-25-18(21)15-11-13(6-8-16(15)19)20(3)26(22,23)14-7-9-17(24-4)12(2)10-14/h6-11H,5H2,1-4H3. The molecule has 0 aliphatic carbocycles. The first kappa shape index (κ1) is 20.1. The Hall–Kier alpha value is -2.25. The number of esters is 1. The van der Waals surface area contributed by atoms with Gasteiger partial charge >= 0.3 is 5.97 Å². The van der Waals surface area contributed by atoms with E-state index in [0.717, 1.165) is 4.31 Å². The molecule has 2 aromatic carbocycles. The average Bonchev–Trinajstić information content (AvgIpc) is 2.61. The van der Waals surface area contributed by atoms with Crippen LogP contribution in [0, 0.1) is 6.92 Å². The number of anilines is 1. The number of rotatable bonds is 6. The fourth-order valence-electron chi connectivity index (χ4n) is 2.38. The molecule has 2 rings (SSSR count). The largest absolute Gasteiger partial charge is 0.496 e. The number of sulfonamides is 1. The molecular weight excluding hydrogens is 378 g/mol. The van der Waals surface area contributed by atoms with Gasteiger partial charge in [-0.15, -0.1) is 0 Å². The Morgan fingerprint density at radius 3 is 2.46 bits per heavy atom. The lowest BCUT2D eigenvalue weighted by Crippen LogP contribution is -2.27. The molecule has 0 fully saturated rings. The maximum Gasteiger partial charge on any atom is 0.339 e. The molecule has 0 atom stereocenters. The van der Waals surface area contributed by atoms with E-state index >= 15 is 0 Å². The quantitative estimate of drug-likeness (QED) is 0.695. The minimum Gasteiger partial charge on any atom is -0.496 e. The zero-order valence-corrected chi connectivity index (χ0v) is 16.5. The number of hydrogen-bond donors (Lipinski definition) is 0. The van der Waals surface area contributed by atoms with Crippen molar-refractivity contribution in [2.75, 3.05) is 25.1 Å². The molecule has 0 radical (unpaired) electrons. The molecule has 0 heterocycles. The average molecular weight is 398 g/mol. The number of ether oxygens (including phenoxy) is 2. The molecular formula is C18H20ClNO5S. The van der Waals surface area contributed by atoms with E-state index in [-0.39, 0.29) is 22.1 Å². The first-order valence-corrected chi connectivity index (χ1v) is 9.64. The van der Waals surface area contributed by atoms with E-state index in [0.29, 0.717) is 17.0 Å². The third kappa shape index (κ3) is 3.94. The van der Waals surface area contributed by atoms with Crippen molar-refractivity contribution in [1.29, 1.82) is 0 Å². The van der Waals surface area contributed by atoms with Crippen LogP contribution in [0.2, 0.25) is 5.02 Å². The van der Waals surface area contributed by atoms with Crippen LogP contribution in [0.5, 0.6) is 5.75 Å². The number of nitrogens with zero attached hydrogens (tertiary/aromatic N) is 1. The van der Waals surface area contributed by atoms with Gasteiger partial charge < -0.3 is 9.47 Å². The Bertz CT molecular complexity index is 927. The topological polar surface area (TPSA) is 72.9 Å². The van der Waals surface area contributed by atoms with Crippen molar-refractivity contribution >= 4 is 33.3 Å². The molecule has 26 heavy (non-hydrogen) atoms. The van der Waals surface area contributed by atoms with E-state index in [1.807, 2.05) is 0 Å². The van der Waals surface area contributed by atoms with E-state index in [4.69, 9.17) is 21.1 Å². The van der Waals surface area contributed by atoms with Gasteiger partial charge in [0, 0.05) is 7.05 Å². The smallest absolute Gasteiger partial charge is 0.339 e. The van der Waals surface area contributed by atoms with Crippen molar-refractivity contribution in [2.24, 2.45) is 0 Å². The SMILES string of the molecule is CCOC(=O)c1cc(N(C)S(=O)(=O)c2ccc(OC)c(C)c2)ccc1Cl. The molecule has 2 aromatic rings. The van der Waals surface area contributed by atoms with Crippen LogP contribution in [-0.4, -0.2) is 35.2 Å². The third-order valence-electron chi connectivity index (χ3n) is 3.83. The molecule has 6 nitrogen and oxygen atoms in total. The summed E-state index contributed by atoms with van der Waals surface area (Å²) in [5.41, 5.74) is 1.11. The van der Waals surface area contributed by atoms with Crippen LogP contribution < -0.4 is 9.04 Å². The van der Waals surface area contributed by atoms with Crippen molar-refractivity contribution in [3.8, 4) is 5.75 Å². The van der Waals surface area contributed by atoms with Gasteiger partial charge in [0.2, 0.25) is 0 Å². The molecule has 0 aliphatic rings. The van der Waals surface area contributed by atoms with Gasteiger partial charge in [-0.25, -0.2) is 13.2 Å². The Kier molecular flexibility index (Phi) is 6.15. The van der Waals surface area contributed by atoms with Gasteiger partial charge in [-0.1, -0.05) is 11.6 Å². The van der Waals surface area contributed by atoms with Crippen LogP contribution in [0.1, 0.15) is 22.8 Å². The highest BCUT2D eigenvalue weighted by Gasteiger charge is 2.24. The predicted molar refractivity (Wildman–Crippen MR) is 101 cm³/mol. The van der Waals surface area contributed by atoms with Crippen LogP contribution in [0.25, 0.3) is 0 Å². The summed E-state index contributed by atoms with van der Waals surface area (Å²) in [5, 5.41) is 0.193. The Morgan fingerprint density at radius 2 is 1.88 bits per heavy atom. The first-order chi connectivity index (χ1) is 12.2. The summed E-state index contributed by atoms with van der Waals surface area (Å²) < 4.78 is 37.0. The van der Waals surface area contributed by atoms with Crippen molar-refractivity contribution in [1.82, 2.24) is 0 Å². The normalized spacial score (nSPS) is 11.1. The van der Waals surface area contributed by atoms with E-state index < -0.39 is 16.0 Å². The highest BCUT2D eigenvalue weighted by Crippen LogP contribution is 2.29. The van der Waals surface area contributed by atoms with Crippen LogP contribution in [-0.2, 0) is 14.8 Å². The number of carbonyl (C=O) groups is 1. The van der Waals surface area contributed by atoms with Gasteiger partial charge in [-0.2, -0.15) is 0 Å². The lowest BCUT2D eigenvalue weighted by atomic mass is 10.2. The lowest BCUT2D eigenvalue weighted by Gasteiger charge is -2.21. The highest BCUT2D eigenvalue weighted by atomic mass is 35.5. The van der Waals surface area contributed by atoms with Crippen LogP contribution >= 0.6 is 11.6 Å². The highest BCUT2D eigenvalue weighted by molar-refractivity contribution is 7.92. The number of benzene rings is 2. The summed E-state index contributed by atoms with van der Waals surface area (Å²) >= 11 is 6.03. The van der Waals surface area contributed by atoms with E-state index in [1.54, 1.807) is 19.9 Å². The summed E-state index contributed by atoms with van der Waals surface area (Å²) in [5.74, 6) is -0.00636. The van der Waals surface area contributed by atoms with E-state index in [9.17, 15) is 13.2 Å². The second kappa shape index (κ2) is 7.97. The maximum atomic E-state index is 12.9. The first-order valence-electron chi connectivity index (χ1n) is 7.82. The number of hydrogen-bond acceptors (Lipinski definition) is 5. The van der Waals surface area contributed by atoms with Crippen LogP contribution in [0.4, 0.5) is 5.69 Å². The summed E-state index contributed by atoms with van der Waals surface area (Å²) in [6, 6.07) is 9.00.